The number of rotatable bonds is 7. The van der Waals surface area contributed by atoms with E-state index >= 15 is 0 Å². The number of methoxy groups -OCH3 is 1. The third kappa shape index (κ3) is 4.56. The van der Waals surface area contributed by atoms with Gasteiger partial charge in [0.25, 0.3) is 0 Å². The lowest BCUT2D eigenvalue weighted by Crippen LogP contribution is -2.42. The summed E-state index contributed by atoms with van der Waals surface area (Å²) in [6, 6.07) is 10.1. The van der Waals surface area contributed by atoms with E-state index < -0.39 is 0 Å². The lowest BCUT2D eigenvalue weighted by atomic mass is 9.91. The molecule has 3 aromatic rings. The van der Waals surface area contributed by atoms with E-state index in [1.165, 1.54) is 19.1 Å². The van der Waals surface area contributed by atoms with E-state index in [4.69, 9.17) is 14.0 Å². The Labute approximate surface area is 180 Å². The normalized spacial score (nSPS) is 16.4. The number of ether oxygens (including phenoxy) is 2. The van der Waals surface area contributed by atoms with Gasteiger partial charge in [0.15, 0.2) is 22.9 Å². The Kier molecular flexibility index (Phi) is 6.23. The number of carbonyl (C=O) groups is 1. The third-order valence-corrected chi connectivity index (χ3v) is 6.05. The highest BCUT2D eigenvalue weighted by atomic mass is 19.1. The van der Waals surface area contributed by atoms with Crippen molar-refractivity contribution in [2.24, 2.45) is 0 Å². The van der Waals surface area contributed by atoms with Gasteiger partial charge in [-0.2, -0.15) is 0 Å². The topological polar surface area (TPSA) is 64.8 Å². The molecule has 2 heterocycles. The molecule has 7 heteroatoms. The fourth-order valence-corrected chi connectivity index (χ4v) is 4.16. The highest BCUT2D eigenvalue weighted by molar-refractivity contribution is 5.94. The van der Waals surface area contributed by atoms with Gasteiger partial charge in [0.1, 0.15) is 12.4 Å². The van der Waals surface area contributed by atoms with Gasteiger partial charge in [-0.15, -0.1) is 0 Å². The summed E-state index contributed by atoms with van der Waals surface area (Å²) in [5.41, 5.74) is 2.03. The standard InChI is InChI=1S/C24H27FN2O4/c1-15(14-30-21-7-4-18(16(2)28)12-23(21)29-3)27-10-8-17(9-11-27)24-20-6-5-19(25)13-22(20)31-26-24/h4-7,12-13,15,17H,8-11,14H2,1-3H3. The minimum Gasteiger partial charge on any atom is -0.493 e. The number of aromatic nitrogens is 1. The number of benzene rings is 2. The molecule has 0 saturated carbocycles. The predicted octanol–water partition coefficient (Wildman–Crippen LogP) is 4.83. The van der Waals surface area contributed by atoms with E-state index in [2.05, 4.69) is 17.0 Å². The summed E-state index contributed by atoms with van der Waals surface area (Å²) >= 11 is 0. The van der Waals surface area contributed by atoms with Crippen LogP contribution in [0.5, 0.6) is 11.5 Å². The van der Waals surface area contributed by atoms with Gasteiger partial charge in [0, 0.05) is 29.0 Å². The first-order chi connectivity index (χ1) is 15.0. The quantitative estimate of drug-likeness (QED) is 0.505. The van der Waals surface area contributed by atoms with Crippen LogP contribution in [-0.2, 0) is 0 Å². The van der Waals surface area contributed by atoms with E-state index in [1.54, 1.807) is 31.4 Å². The number of halogens is 1. The second-order valence-electron chi connectivity index (χ2n) is 8.10. The van der Waals surface area contributed by atoms with Gasteiger partial charge in [-0.3, -0.25) is 9.69 Å². The molecular weight excluding hydrogens is 399 g/mol. The number of fused-ring (bicyclic) bond motifs is 1. The Bertz CT molecular complexity index is 1070. The van der Waals surface area contributed by atoms with Gasteiger partial charge in [0.05, 0.1) is 12.8 Å². The van der Waals surface area contributed by atoms with Crippen LogP contribution >= 0.6 is 0 Å². The zero-order chi connectivity index (χ0) is 22.0. The molecule has 0 aliphatic carbocycles. The number of ketones is 1. The van der Waals surface area contributed by atoms with Gasteiger partial charge < -0.3 is 14.0 Å². The van der Waals surface area contributed by atoms with Crippen LogP contribution < -0.4 is 9.47 Å². The molecule has 164 valence electrons. The predicted molar refractivity (Wildman–Crippen MR) is 115 cm³/mol. The zero-order valence-corrected chi connectivity index (χ0v) is 18.1. The summed E-state index contributed by atoms with van der Waals surface area (Å²) < 4.78 is 30.1. The minimum atomic E-state index is -0.314. The molecule has 6 nitrogen and oxygen atoms in total. The van der Waals surface area contributed by atoms with Crippen LogP contribution in [-0.4, -0.2) is 48.7 Å². The molecule has 1 saturated heterocycles. The lowest BCUT2D eigenvalue weighted by Gasteiger charge is -2.35. The second-order valence-corrected chi connectivity index (χ2v) is 8.10. The molecule has 1 fully saturated rings. The van der Waals surface area contributed by atoms with Crippen molar-refractivity contribution < 1.29 is 23.2 Å². The van der Waals surface area contributed by atoms with Crippen molar-refractivity contribution in [3.8, 4) is 11.5 Å². The zero-order valence-electron chi connectivity index (χ0n) is 18.1. The van der Waals surface area contributed by atoms with Gasteiger partial charge >= 0.3 is 0 Å². The van der Waals surface area contributed by atoms with E-state index in [9.17, 15) is 9.18 Å². The maximum atomic E-state index is 13.4. The molecule has 0 amide bonds. The molecule has 1 aliphatic heterocycles. The average Bonchev–Trinajstić information content (AvgIpc) is 3.20. The molecule has 0 spiro atoms. The Balaban J connectivity index is 1.34. The number of piperidine rings is 1. The highest BCUT2D eigenvalue weighted by Gasteiger charge is 2.27. The van der Waals surface area contributed by atoms with Crippen LogP contribution in [0.25, 0.3) is 11.0 Å². The first-order valence-corrected chi connectivity index (χ1v) is 10.6. The minimum absolute atomic E-state index is 0.00823. The average molecular weight is 426 g/mol. The molecule has 1 aromatic heterocycles. The largest absolute Gasteiger partial charge is 0.493 e. The van der Waals surface area contributed by atoms with Crippen molar-refractivity contribution in [1.29, 1.82) is 0 Å². The summed E-state index contributed by atoms with van der Waals surface area (Å²) in [6.07, 6.45) is 1.92. The van der Waals surface area contributed by atoms with E-state index in [0.29, 0.717) is 35.2 Å². The maximum absolute atomic E-state index is 13.4. The van der Waals surface area contributed by atoms with Gasteiger partial charge in [-0.25, -0.2) is 4.39 Å². The number of carbonyl (C=O) groups excluding carboxylic acids is 1. The van der Waals surface area contributed by atoms with Crippen molar-refractivity contribution in [3.05, 3.63) is 53.5 Å². The summed E-state index contributed by atoms with van der Waals surface area (Å²) in [4.78, 5) is 14.0. The van der Waals surface area contributed by atoms with Gasteiger partial charge in [0.2, 0.25) is 0 Å². The van der Waals surface area contributed by atoms with Crippen molar-refractivity contribution in [3.63, 3.8) is 0 Å². The van der Waals surface area contributed by atoms with Gasteiger partial charge in [-0.1, -0.05) is 5.16 Å². The SMILES string of the molecule is COc1cc(C(C)=O)ccc1OCC(C)N1CCC(c2noc3cc(F)ccc23)CC1. The van der Waals surface area contributed by atoms with E-state index in [1.807, 2.05) is 0 Å². The van der Waals surface area contributed by atoms with Crippen LogP contribution in [0.2, 0.25) is 0 Å². The molecule has 4 rings (SSSR count). The van der Waals surface area contributed by atoms with Crippen molar-refractivity contribution in [2.45, 2.75) is 38.6 Å². The summed E-state index contributed by atoms with van der Waals surface area (Å²) in [7, 11) is 1.57. The molecule has 1 unspecified atom stereocenters. The molecular formula is C24H27FN2O4. The molecule has 1 aliphatic rings. The monoisotopic (exact) mass is 426 g/mol. The highest BCUT2D eigenvalue weighted by Crippen LogP contribution is 2.34. The van der Waals surface area contributed by atoms with Crippen molar-refractivity contribution >= 4 is 16.8 Å². The third-order valence-electron chi connectivity index (χ3n) is 6.05. The Morgan fingerprint density at radius 2 is 2.00 bits per heavy atom. The summed E-state index contributed by atoms with van der Waals surface area (Å²) in [6.45, 7) is 6.04. The lowest BCUT2D eigenvalue weighted by molar-refractivity contribution is 0.101. The number of hydrogen-bond acceptors (Lipinski definition) is 6. The van der Waals surface area contributed by atoms with Crippen LogP contribution in [0.15, 0.2) is 40.9 Å². The second kappa shape index (κ2) is 9.06. The number of hydrogen-bond donors (Lipinski definition) is 0. The molecule has 1 atom stereocenters. The van der Waals surface area contributed by atoms with Crippen LogP contribution in [0.4, 0.5) is 4.39 Å². The van der Waals surface area contributed by atoms with Crippen LogP contribution in [0.1, 0.15) is 48.7 Å². The molecule has 0 N–H and O–H groups in total. The van der Waals surface area contributed by atoms with Crippen molar-refractivity contribution in [2.75, 3.05) is 26.8 Å². The summed E-state index contributed by atoms with van der Waals surface area (Å²) in [5.74, 6) is 1.18. The molecule has 0 radical (unpaired) electrons. The number of likely N-dealkylation sites (tertiary alicyclic amines) is 1. The summed E-state index contributed by atoms with van der Waals surface area (Å²) in [5, 5.41) is 5.12. The Morgan fingerprint density at radius 1 is 1.23 bits per heavy atom. The molecule has 2 aromatic carbocycles. The Morgan fingerprint density at radius 3 is 2.71 bits per heavy atom. The fourth-order valence-electron chi connectivity index (χ4n) is 4.16. The van der Waals surface area contributed by atoms with E-state index in [0.717, 1.165) is 37.0 Å². The number of Topliss-reactive ketones (excluding diaryl/α,β-unsaturated/α-hetero) is 1. The first kappa shape index (κ1) is 21.3. The fraction of sp³-hybridized carbons (Fsp3) is 0.417. The smallest absolute Gasteiger partial charge is 0.170 e. The first-order valence-electron chi connectivity index (χ1n) is 10.6. The maximum Gasteiger partial charge on any atom is 0.170 e. The Hall–Kier alpha value is -2.93. The molecule has 31 heavy (non-hydrogen) atoms. The van der Waals surface area contributed by atoms with Gasteiger partial charge in [-0.05, 0) is 70.1 Å². The van der Waals surface area contributed by atoms with Crippen LogP contribution in [0, 0.1) is 5.82 Å². The van der Waals surface area contributed by atoms with Crippen LogP contribution in [0.3, 0.4) is 0 Å². The van der Waals surface area contributed by atoms with E-state index in [-0.39, 0.29) is 17.6 Å². The molecule has 0 bridgehead atoms. The number of nitrogens with zero attached hydrogens (tertiary/aromatic N) is 2. The van der Waals surface area contributed by atoms with Crippen molar-refractivity contribution in [1.82, 2.24) is 10.1 Å².